The second-order valence-corrected chi connectivity index (χ2v) is 2.99. The lowest BCUT2D eigenvalue weighted by Gasteiger charge is -1.98. The average molecular weight is 180 g/mol. The van der Waals surface area contributed by atoms with Crippen LogP contribution in [0.1, 0.15) is 13.8 Å². The summed E-state index contributed by atoms with van der Waals surface area (Å²) < 4.78 is 0. The maximum Gasteiger partial charge on any atom is 0.0177 e. The van der Waals surface area contributed by atoms with Crippen LogP contribution in [0.5, 0.6) is 0 Å². The predicted molar refractivity (Wildman–Crippen MR) is 59.6 cm³/mol. The van der Waals surface area contributed by atoms with E-state index in [1.807, 2.05) is 26.1 Å². The van der Waals surface area contributed by atoms with Gasteiger partial charge in [0.05, 0.1) is 0 Å². The molecule has 0 rings (SSSR count). The van der Waals surface area contributed by atoms with E-state index in [4.69, 9.17) is 5.73 Å². The van der Waals surface area contributed by atoms with Crippen LogP contribution >= 0.6 is 0 Å². The Morgan fingerprint density at radius 1 is 1.38 bits per heavy atom. The Labute approximate surface area is 81.2 Å². The van der Waals surface area contributed by atoms with Crippen LogP contribution in [-0.2, 0) is 0 Å². The molecule has 2 heteroatoms. The van der Waals surface area contributed by atoms with Gasteiger partial charge in [-0.05, 0) is 26.5 Å². The molecule has 2 nitrogen and oxygen atoms in total. The maximum absolute atomic E-state index is 5.55. The van der Waals surface area contributed by atoms with Crippen LogP contribution in [0.3, 0.4) is 0 Å². The van der Waals surface area contributed by atoms with Gasteiger partial charge in [0.1, 0.15) is 0 Å². The first-order valence-corrected chi connectivity index (χ1v) is 4.58. The summed E-state index contributed by atoms with van der Waals surface area (Å²) >= 11 is 0. The van der Waals surface area contributed by atoms with Gasteiger partial charge in [-0.15, -0.1) is 0 Å². The molecule has 0 radical (unpaired) electrons. The van der Waals surface area contributed by atoms with Crippen LogP contribution in [0.25, 0.3) is 0 Å². The van der Waals surface area contributed by atoms with Gasteiger partial charge < -0.3 is 11.1 Å². The SMILES string of the molecule is C\C=C/C(=C\C=C(\C)CNC)CN. The fourth-order valence-electron chi connectivity index (χ4n) is 0.993. The Bertz CT molecular complexity index is 212. The van der Waals surface area contributed by atoms with Gasteiger partial charge in [0, 0.05) is 13.1 Å². The van der Waals surface area contributed by atoms with Crippen LogP contribution in [-0.4, -0.2) is 20.1 Å². The van der Waals surface area contributed by atoms with Crippen molar-refractivity contribution in [2.45, 2.75) is 13.8 Å². The van der Waals surface area contributed by atoms with Crippen molar-refractivity contribution in [3.8, 4) is 0 Å². The Morgan fingerprint density at radius 3 is 2.54 bits per heavy atom. The van der Waals surface area contributed by atoms with E-state index in [1.54, 1.807) is 0 Å². The molecule has 0 saturated heterocycles. The van der Waals surface area contributed by atoms with Gasteiger partial charge in [0.15, 0.2) is 0 Å². The number of nitrogens with one attached hydrogen (secondary N) is 1. The smallest absolute Gasteiger partial charge is 0.0177 e. The van der Waals surface area contributed by atoms with Gasteiger partial charge in [-0.3, -0.25) is 0 Å². The molecular formula is C11H20N2. The van der Waals surface area contributed by atoms with Crippen LogP contribution in [0.2, 0.25) is 0 Å². The van der Waals surface area contributed by atoms with E-state index in [1.165, 1.54) is 5.57 Å². The van der Waals surface area contributed by atoms with Crippen molar-refractivity contribution >= 4 is 0 Å². The number of rotatable bonds is 5. The number of likely N-dealkylation sites (N-methyl/N-ethyl adjacent to an activating group) is 1. The van der Waals surface area contributed by atoms with Crippen molar-refractivity contribution in [2.24, 2.45) is 5.73 Å². The van der Waals surface area contributed by atoms with E-state index in [0.717, 1.165) is 12.1 Å². The van der Waals surface area contributed by atoms with E-state index >= 15 is 0 Å². The summed E-state index contributed by atoms with van der Waals surface area (Å²) in [6.07, 6.45) is 8.19. The van der Waals surface area contributed by atoms with E-state index in [9.17, 15) is 0 Å². The van der Waals surface area contributed by atoms with E-state index < -0.39 is 0 Å². The molecule has 0 aromatic rings. The molecular weight excluding hydrogens is 160 g/mol. The average Bonchev–Trinajstić information content (AvgIpc) is 2.12. The molecule has 0 aliphatic carbocycles. The zero-order valence-corrected chi connectivity index (χ0v) is 8.80. The maximum atomic E-state index is 5.55. The quantitative estimate of drug-likeness (QED) is 0.631. The standard InChI is InChI=1S/C11H20N2/c1-4-5-11(8-12)7-6-10(2)9-13-3/h4-7,13H,8-9,12H2,1-3H3/b5-4-,10-6-,11-7+. The number of hydrogen-bond donors (Lipinski definition) is 2. The van der Waals surface area contributed by atoms with Gasteiger partial charge in [-0.2, -0.15) is 0 Å². The van der Waals surface area contributed by atoms with Gasteiger partial charge >= 0.3 is 0 Å². The fourth-order valence-corrected chi connectivity index (χ4v) is 0.993. The van der Waals surface area contributed by atoms with Crippen LogP contribution in [0.4, 0.5) is 0 Å². The van der Waals surface area contributed by atoms with Crippen molar-refractivity contribution in [2.75, 3.05) is 20.1 Å². The summed E-state index contributed by atoms with van der Waals surface area (Å²) in [5.41, 5.74) is 8.01. The Hall–Kier alpha value is -0.860. The Balaban J connectivity index is 4.26. The van der Waals surface area contributed by atoms with E-state index in [2.05, 4.69) is 24.4 Å². The molecule has 0 heterocycles. The summed E-state index contributed by atoms with van der Waals surface area (Å²) in [6.45, 7) is 5.60. The summed E-state index contributed by atoms with van der Waals surface area (Å²) in [4.78, 5) is 0. The molecule has 0 amide bonds. The van der Waals surface area contributed by atoms with E-state index in [-0.39, 0.29) is 0 Å². The van der Waals surface area contributed by atoms with E-state index in [0.29, 0.717) is 6.54 Å². The molecule has 0 aromatic heterocycles. The third-order valence-corrected chi connectivity index (χ3v) is 1.65. The van der Waals surface area contributed by atoms with Crippen LogP contribution in [0, 0.1) is 0 Å². The lowest BCUT2D eigenvalue weighted by molar-refractivity contribution is 0.880. The third kappa shape index (κ3) is 6.31. The molecule has 0 bridgehead atoms. The summed E-state index contributed by atoms with van der Waals surface area (Å²) in [5, 5.41) is 3.09. The highest BCUT2D eigenvalue weighted by Gasteiger charge is 1.86. The molecule has 0 aromatic carbocycles. The van der Waals surface area contributed by atoms with Crippen molar-refractivity contribution in [3.63, 3.8) is 0 Å². The first-order valence-electron chi connectivity index (χ1n) is 4.58. The number of nitrogens with two attached hydrogens (primary N) is 1. The minimum atomic E-state index is 0.591. The minimum absolute atomic E-state index is 0.591. The van der Waals surface area contributed by atoms with Crippen LogP contribution in [0.15, 0.2) is 35.5 Å². The van der Waals surface area contributed by atoms with Gasteiger partial charge in [0.25, 0.3) is 0 Å². The largest absolute Gasteiger partial charge is 0.326 e. The molecule has 13 heavy (non-hydrogen) atoms. The van der Waals surface area contributed by atoms with Crippen LogP contribution < -0.4 is 11.1 Å². The second-order valence-electron chi connectivity index (χ2n) is 2.99. The topological polar surface area (TPSA) is 38.0 Å². The highest BCUT2D eigenvalue weighted by molar-refractivity contribution is 5.26. The highest BCUT2D eigenvalue weighted by atomic mass is 14.8. The summed E-state index contributed by atoms with van der Waals surface area (Å²) in [6, 6.07) is 0. The third-order valence-electron chi connectivity index (χ3n) is 1.65. The molecule has 0 saturated carbocycles. The molecule has 0 atom stereocenters. The molecule has 3 N–H and O–H groups in total. The first-order chi connectivity index (χ1) is 6.24. The molecule has 0 unspecified atom stereocenters. The van der Waals surface area contributed by atoms with Gasteiger partial charge in [-0.1, -0.05) is 29.9 Å². The summed E-state index contributed by atoms with van der Waals surface area (Å²) in [7, 11) is 1.94. The zero-order chi connectivity index (χ0) is 10.1. The minimum Gasteiger partial charge on any atom is -0.326 e. The lowest BCUT2D eigenvalue weighted by Crippen LogP contribution is -2.08. The molecule has 74 valence electrons. The number of allylic oxidation sites excluding steroid dienone is 3. The normalized spacial score (nSPS) is 14.2. The monoisotopic (exact) mass is 180 g/mol. The van der Waals surface area contributed by atoms with Crippen molar-refractivity contribution in [1.82, 2.24) is 5.32 Å². The van der Waals surface area contributed by atoms with Gasteiger partial charge in [-0.25, -0.2) is 0 Å². The Morgan fingerprint density at radius 2 is 2.08 bits per heavy atom. The van der Waals surface area contributed by atoms with Crippen molar-refractivity contribution in [1.29, 1.82) is 0 Å². The predicted octanol–water partition coefficient (Wildman–Crippen LogP) is 1.61. The zero-order valence-electron chi connectivity index (χ0n) is 8.80. The highest BCUT2D eigenvalue weighted by Crippen LogP contribution is 1.97. The van der Waals surface area contributed by atoms with Crippen molar-refractivity contribution < 1.29 is 0 Å². The molecule has 0 fully saturated rings. The number of hydrogen-bond acceptors (Lipinski definition) is 2. The first kappa shape index (κ1) is 12.1. The second kappa shape index (κ2) is 7.77. The lowest BCUT2D eigenvalue weighted by atomic mass is 10.2. The molecule has 0 aliphatic rings. The fraction of sp³-hybridized carbons (Fsp3) is 0.455. The van der Waals surface area contributed by atoms with Crippen molar-refractivity contribution in [3.05, 3.63) is 35.5 Å². The molecule has 0 aliphatic heterocycles. The summed E-state index contributed by atoms with van der Waals surface area (Å²) in [5.74, 6) is 0. The van der Waals surface area contributed by atoms with Gasteiger partial charge in [0.2, 0.25) is 0 Å². The Kier molecular flexibility index (Phi) is 7.26. The molecule has 0 spiro atoms.